The molecule has 0 bridgehead atoms. The van der Waals surface area contributed by atoms with Gasteiger partial charge >= 0.3 is 0 Å². The first-order valence-corrected chi connectivity index (χ1v) is 7.08. The van der Waals surface area contributed by atoms with E-state index in [2.05, 4.69) is 17.2 Å². The largest absolute Gasteiger partial charge is 0.497 e. The molecule has 2 aromatic rings. The van der Waals surface area contributed by atoms with Crippen molar-refractivity contribution < 1.29 is 9.53 Å². The number of hydrogen-bond donors (Lipinski definition) is 2. The molecule has 1 unspecified atom stereocenters. The van der Waals surface area contributed by atoms with Crippen molar-refractivity contribution >= 4 is 11.6 Å². The number of nitrogens with one attached hydrogen (secondary N) is 2. The Labute approximate surface area is 130 Å². The summed E-state index contributed by atoms with van der Waals surface area (Å²) in [4.78, 5) is 12.4. The molecule has 0 saturated heterocycles. The zero-order valence-corrected chi connectivity index (χ0v) is 12.6. The van der Waals surface area contributed by atoms with Crippen LogP contribution in [-0.4, -0.2) is 19.6 Å². The maximum Gasteiger partial charge on any atom is 0.247 e. The van der Waals surface area contributed by atoms with E-state index in [1.807, 2.05) is 54.6 Å². The minimum absolute atomic E-state index is 0.0954. The van der Waals surface area contributed by atoms with Gasteiger partial charge in [-0.1, -0.05) is 36.4 Å². The first kappa shape index (κ1) is 15.6. The molecule has 0 spiro atoms. The average molecular weight is 296 g/mol. The Morgan fingerprint density at radius 2 is 1.86 bits per heavy atom. The van der Waals surface area contributed by atoms with Gasteiger partial charge in [0.15, 0.2) is 0 Å². The molecule has 0 fully saturated rings. The summed E-state index contributed by atoms with van der Waals surface area (Å²) in [6.45, 7) is 4.06. The molecule has 0 aromatic heterocycles. The predicted molar refractivity (Wildman–Crippen MR) is 89.0 cm³/mol. The molecule has 2 N–H and O–H groups in total. The monoisotopic (exact) mass is 296 g/mol. The Kier molecular flexibility index (Phi) is 5.60. The lowest BCUT2D eigenvalue weighted by molar-refractivity contribution is -0.121. The number of carbonyl (C=O) groups is 1. The summed E-state index contributed by atoms with van der Waals surface area (Å²) in [5.41, 5.74) is 1.75. The molecule has 4 heteroatoms. The van der Waals surface area contributed by atoms with Crippen LogP contribution in [0, 0.1) is 0 Å². The summed E-state index contributed by atoms with van der Waals surface area (Å²) in [7, 11) is 1.62. The molecule has 0 aliphatic carbocycles. The Morgan fingerprint density at radius 1 is 1.18 bits per heavy atom. The number of carbonyl (C=O) groups excluding carboxylic acids is 1. The number of anilines is 1. The Balaban J connectivity index is 2.19. The average Bonchev–Trinajstić information content (AvgIpc) is 2.59. The van der Waals surface area contributed by atoms with Crippen LogP contribution in [-0.2, 0) is 4.79 Å². The van der Waals surface area contributed by atoms with Gasteiger partial charge in [0.1, 0.15) is 11.8 Å². The van der Waals surface area contributed by atoms with Crippen LogP contribution in [0.3, 0.4) is 0 Å². The van der Waals surface area contributed by atoms with Gasteiger partial charge < -0.3 is 15.4 Å². The Bertz CT molecular complexity index is 609. The van der Waals surface area contributed by atoms with Gasteiger partial charge in [-0.25, -0.2) is 0 Å². The maximum absolute atomic E-state index is 12.4. The van der Waals surface area contributed by atoms with Gasteiger partial charge in [-0.15, -0.1) is 6.58 Å². The lowest BCUT2D eigenvalue weighted by atomic mass is 10.1. The fourth-order valence-corrected chi connectivity index (χ4v) is 2.07. The SMILES string of the molecule is C=CCNC(=O)C(Nc1ccc(OC)cc1)c1ccccc1. The topological polar surface area (TPSA) is 50.4 Å². The molecule has 4 nitrogen and oxygen atoms in total. The second-order valence-electron chi connectivity index (χ2n) is 4.75. The highest BCUT2D eigenvalue weighted by Crippen LogP contribution is 2.22. The van der Waals surface area contributed by atoms with E-state index in [1.165, 1.54) is 0 Å². The molecule has 2 rings (SSSR count). The van der Waals surface area contributed by atoms with E-state index in [9.17, 15) is 4.79 Å². The fraction of sp³-hybridized carbons (Fsp3) is 0.167. The molecular formula is C18H20N2O2. The van der Waals surface area contributed by atoms with E-state index in [1.54, 1.807) is 13.2 Å². The predicted octanol–water partition coefficient (Wildman–Crippen LogP) is 3.15. The van der Waals surface area contributed by atoms with Gasteiger partial charge in [-0.2, -0.15) is 0 Å². The second kappa shape index (κ2) is 7.88. The number of ether oxygens (including phenoxy) is 1. The minimum atomic E-state index is -0.463. The highest BCUT2D eigenvalue weighted by molar-refractivity contribution is 5.86. The molecule has 114 valence electrons. The van der Waals surface area contributed by atoms with Gasteiger partial charge in [0, 0.05) is 12.2 Å². The molecule has 0 radical (unpaired) electrons. The van der Waals surface area contributed by atoms with Crippen LogP contribution >= 0.6 is 0 Å². The molecule has 2 aromatic carbocycles. The molecule has 0 aliphatic heterocycles. The zero-order chi connectivity index (χ0) is 15.8. The fourth-order valence-electron chi connectivity index (χ4n) is 2.07. The van der Waals surface area contributed by atoms with Crippen LogP contribution in [0.15, 0.2) is 67.3 Å². The van der Waals surface area contributed by atoms with Crippen LogP contribution in [0.1, 0.15) is 11.6 Å². The van der Waals surface area contributed by atoms with Crippen molar-refractivity contribution in [3.05, 3.63) is 72.8 Å². The van der Waals surface area contributed by atoms with Crippen molar-refractivity contribution in [1.29, 1.82) is 0 Å². The van der Waals surface area contributed by atoms with E-state index in [0.717, 1.165) is 17.0 Å². The molecule has 0 heterocycles. The van der Waals surface area contributed by atoms with Crippen molar-refractivity contribution in [3.8, 4) is 5.75 Å². The summed E-state index contributed by atoms with van der Waals surface area (Å²) >= 11 is 0. The molecule has 22 heavy (non-hydrogen) atoms. The summed E-state index contributed by atoms with van der Waals surface area (Å²) in [6, 6.07) is 16.6. The number of benzene rings is 2. The number of rotatable bonds is 7. The summed E-state index contributed by atoms with van der Waals surface area (Å²) in [5.74, 6) is 0.680. The lowest BCUT2D eigenvalue weighted by Crippen LogP contribution is -2.33. The van der Waals surface area contributed by atoms with Gasteiger partial charge in [-0.3, -0.25) is 4.79 Å². The third kappa shape index (κ3) is 4.12. The summed E-state index contributed by atoms with van der Waals surface area (Å²) < 4.78 is 5.14. The van der Waals surface area contributed by atoms with Crippen LogP contribution in [0.4, 0.5) is 5.69 Å². The van der Waals surface area contributed by atoms with E-state index >= 15 is 0 Å². The lowest BCUT2D eigenvalue weighted by Gasteiger charge is -2.19. The molecule has 1 amide bonds. The van der Waals surface area contributed by atoms with E-state index < -0.39 is 6.04 Å². The Morgan fingerprint density at radius 3 is 2.45 bits per heavy atom. The molecule has 1 atom stereocenters. The highest BCUT2D eigenvalue weighted by atomic mass is 16.5. The van der Waals surface area contributed by atoms with Gasteiger partial charge in [0.25, 0.3) is 0 Å². The molecule has 0 aliphatic rings. The first-order valence-electron chi connectivity index (χ1n) is 7.08. The van der Waals surface area contributed by atoms with E-state index in [4.69, 9.17) is 4.74 Å². The molecular weight excluding hydrogens is 276 g/mol. The first-order chi connectivity index (χ1) is 10.7. The third-order valence-electron chi connectivity index (χ3n) is 3.22. The minimum Gasteiger partial charge on any atom is -0.497 e. The van der Waals surface area contributed by atoms with Crippen molar-refractivity contribution in [2.45, 2.75) is 6.04 Å². The quantitative estimate of drug-likeness (QED) is 0.772. The van der Waals surface area contributed by atoms with Crippen molar-refractivity contribution in [2.75, 3.05) is 19.0 Å². The zero-order valence-electron chi connectivity index (χ0n) is 12.6. The van der Waals surface area contributed by atoms with Crippen LogP contribution < -0.4 is 15.4 Å². The smallest absolute Gasteiger partial charge is 0.247 e. The van der Waals surface area contributed by atoms with Crippen molar-refractivity contribution in [2.24, 2.45) is 0 Å². The third-order valence-corrected chi connectivity index (χ3v) is 3.22. The maximum atomic E-state index is 12.4. The van der Waals surface area contributed by atoms with Crippen molar-refractivity contribution in [1.82, 2.24) is 5.32 Å². The normalized spacial score (nSPS) is 11.3. The van der Waals surface area contributed by atoms with Crippen LogP contribution in [0.2, 0.25) is 0 Å². The van der Waals surface area contributed by atoms with Gasteiger partial charge in [-0.05, 0) is 29.8 Å². The van der Waals surface area contributed by atoms with E-state index in [-0.39, 0.29) is 5.91 Å². The van der Waals surface area contributed by atoms with Crippen LogP contribution in [0.25, 0.3) is 0 Å². The van der Waals surface area contributed by atoms with Crippen molar-refractivity contribution in [3.63, 3.8) is 0 Å². The highest BCUT2D eigenvalue weighted by Gasteiger charge is 2.19. The number of methoxy groups -OCH3 is 1. The number of amides is 1. The van der Waals surface area contributed by atoms with Crippen LogP contribution in [0.5, 0.6) is 5.75 Å². The van der Waals surface area contributed by atoms with E-state index in [0.29, 0.717) is 6.54 Å². The Hall–Kier alpha value is -2.75. The second-order valence-corrected chi connectivity index (χ2v) is 4.75. The summed E-state index contributed by atoms with van der Waals surface area (Å²) in [5, 5.41) is 6.08. The van der Waals surface area contributed by atoms with Gasteiger partial charge in [0.2, 0.25) is 5.91 Å². The summed E-state index contributed by atoms with van der Waals surface area (Å²) in [6.07, 6.45) is 1.66. The number of hydrogen-bond acceptors (Lipinski definition) is 3. The van der Waals surface area contributed by atoms with Gasteiger partial charge in [0.05, 0.1) is 7.11 Å². The molecule has 0 saturated carbocycles. The standard InChI is InChI=1S/C18H20N2O2/c1-3-13-19-18(21)17(14-7-5-4-6-8-14)20-15-9-11-16(22-2)12-10-15/h3-12,17,20H,1,13H2,2H3,(H,19,21).